The Morgan fingerprint density at radius 2 is 1.90 bits per heavy atom. The van der Waals surface area contributed by atoms with Crippen LogP contribution in [-0.4, -0.2) is 25.1 Å². The number of rotatable bonds is 6. The highest BCUT2D eigenvalue weighted by atomic mass is 35.5. The Labute approximate surface area is 130 Å². The zero-order valence-corrected chi connectivity index (χ0v) is 12.7. The summed E-state index contributed by atoms with van der Waals surface area (Å²) in [5, 5.41) is 9.50. The summed E-state index contributed by atoms with van der Waals surface area (Å²) in [4.78, 5) is 2.17. The highest BCUT2D eigenvalue weighted by Gasteiger charge is 2.07. The lowest BCUT2D eigenvalue weighted by atomic mass is 10.2. The molecule has 3 nitrogen and oxygen atoms in total. The third-order valence-corrected chi connectivity index (χ3v) is 3.43. The van der Waals surface area contributed by atoms with E-state index in [-0.39, 0.29) is 0 Å². The van der Waals surface area contributed by atoms with E-state index in [2.05, 4.69) is 23.1 Å². The Hall–Kier alpha value is -2.02. The van der Waals surface area contributed by atoms with Gasteiger partial charge < -0.3 is 4.74 Å². The minimum Gasteiger partial charge on any atom is -0.491 e. The summed E-state index contributed by atoms with van der Waals surface area (Å²) in [6.07, 6.45) is 0. The van der Waals surface area contributed by atoms with Crippen LogP contribution in [0, 0.1) is 11.3 Å². The topological polar surface area (TPSA) is 36.3 Å². The van der Waals surface area contributed by atoms with Crippen molar-refractivity contribution in [3.8, 4) is 11.8 Å². The van der Waals surface area contributed by atoms with Crippen LogP contribution < -0.4 is 4.74 Å². The summed E-state index contributed by atoms with van der Waals surface area (Å²) >= 11 is 5.97. The van der Waals surface area contributed by atoms with Crippen LogP contribution in [0.1, 0.15) is 11.1 Å². The number of ether oxygens (including phenoxy) is 1. The lowest BCUT2D eigenvalue weighted by Crippen LogP contribution is -2.24. The summed E-state index contributed by atoms with van der Waals surface area (Å²) in [5.74, 6) is 0.540. The van der Waals surface area contributed by atoms with Crippen LogP contribution in [0.15, 0.2) is 48.5 Å². The van der Waals surface area contributed by atoms with E-state index in [1.165, 1.54) is 5.56 Å². The Balaban J connectivity index is 1.85. The van der Waals surface area contributed by atoms with Crippen LogP contribution in [0.5, 0.6) is 5.75 Å². The van der Waals surface area contributed by atoms with Gasteiger partial charge in [0.25, 0.3) is 0 Å². The van der Waals surface area contributed by atoms with Gasteiger partial charge in [-0.3, -0.25) is 4.90 Å². The minimum atomic E-state index is 0.393. The van der Waals surface area contributed by atoms with Crippen molar-refractivity contribution in [3.63, 3.8) is 0 Å². The summed E-state index contributed by atoms with van der Waals surface area (Å²) < 4.78 is 5.67. The molecule has 0 aliphatic carbocycles. The van der Waals surface area contributed by atoms with Crippen molar-refractivity contribution in [1.82, 2.24) is 4.90 Å². The maximum atomic E-state index is 9.08. The van der Waals surface area contributed by atoms with Gasteiger partial charge in [0.2, 0.25) is 0 Å². The molecule has 0 aliphatic rings. The van der Waals surface area contributed by atoms with Crippen molar-refractivity contribution in [2.45, 2.75) is 6.54 Å². The quantitative estimate of drug-likeness (QED) is 0.815. The third kappa shape index (κ3) is 4.49. The number of hydrogen-bond acceptors (Lipinski definition) is 3. The number of benzene rings is 2. The van der Waals surface area contributed by atoms with Crippen molar-refractivity contribution >= 4 is 11.6 Å². The molecule has 0 fully saturated rings. The molecule has 0 heterocycles. The highest BCUT2D eigenvalue weighted by molar-refractivity contribution is 6.31. The van der Waals surface area contributed by atoms with Gasteiger partial charge in [-0.2, -0.15) is 5.26 Å². The Morgan fingerprint density at radius 3 is 2.62 bits per heavy atom. The first-order chi connectivity index (χ1) is 10.2. The molecule has 2 aromatic rings. The molecule has 108 valence electrons. The molecule has 2 rings (SSSR count). The average molecular weight is 301 g/mol. The molecule has 0 amide bonds. The number of nitrogens with zero attached hydrogens (tertiary/aromatic N) is 2. The largest absolute Gasteiger partial charge is 0.491 e. The Kier molecular flexibility index (Phi) is 5.62. The van der Waals surface area contributed by atoms with Crippen molar-refractivity contribution < 1.29 is 4.74 Å². The molecule has 0 aliphatic heterocycles. The molecule has 0 saturated carbocycles. The fraction of sp³-hybridized carbons (Fsp3) is 0.235. The van der Waals surface area contributed by atoms with Crippen molar-refractivity contribution in [3.05, 3.63) is 64.7 Å². The van der Waals surface area contributed by atoms with Gasteiger partial charge in [0.05, 0.1) is 5.02 Å². The smallest absolute Gasteiger partial charge is 0.138 e. The molecule has 0 N–H and O–H groups in total. The molecule has 2 aromatic carbocycles. The van der Waals surface area contributed by atoms with E-state index in [1.807, 2.05) is 25.2 Å². The zero-order chi connectivity index (χ0) is 15.1. The van der Waals surface area contributed by atoms with Gasteiger partial charge in [-0.1, -0.05) is 48.0 Å². The SMILES string of the molecule is CN(CCOc1cccc(Cl)c1C#N)Cc1ccccc1. The van der Waals surface area contributed by atoms with Gasteiger partial charge in [0, 0.05) is 13.1 Å². The zero-order valence-electron chi connectivity index (χ0n) is 11.9. The summed E-state index contributed by atoms with van der Waals surface area (Å²) in [7, 11) is 2.04. The molecular weight excluding hydrogens is 284 g/mol. The number of halogens is 1. The van der Waals surface area contributed by atoms with Gasteiger partial charge in [0.15, 0.2) is 0 Å². The van der Waals surface area contributed by atoms with Crippen molar-refractivity contribution in [2.24, 2.45) is 0 Å². The first-order valence-corrected chi connectivity index (χ1v) is 7.12. The van der Waals surface area contributed by atoms with E-state index in [9.17, 15) is 0 Å². The summed E-state index contributed by atoms with van der Waals surface area (Å²) in [6, 6.07) is 17.6. The van der Waals surface area contributed by atoms with Crippen LogP contribution in [0.25, 0.3) is 0 Å². The molecule has 0 spiro atoms. The van der Waals surface area contributed by atoms with E-state index in [0.717, 1.165) is 13.1 Å². The molecule has 0 bridgehead atoms. The van der Waals surface area contributed by atoms with Gasteiger partial charge in [-0.25, -0.2) is 0 Å². The van der Waals surface area contributed by atoms with Crippen LogP contribution in [0.4, 0.5) is 0 Å². The van der Waals surface area contributed by atoms with Crippen molar-refractivity contribution in [2.75, 3.05) is 20.2 Å². The molecule has 0 saturated heterocycles. The van der Waals surface area contributed by atoms with E-state index >= 15 is 0 Å². The molecular formula is C17H17ClN2O. The molecule has 4 heteroatoms. The first-order valence-electron chi connectivity index (χ1n) is 6.74. The maximum Gasteiger partial charge on any atom is 0.138 e. The van der Waals surface area contributed by atoms with Gasteiger partial charge in [0.1, 0.15) is 24.0 Å². The predicted octanol–water partition coefficient (Wildman–Crippen LogP) is 3.72. The molecule has 0 aromatic heterocycles. The number of nitriles is 1. The van der Waals surface area contributed by atoms with Gasteiger partial charge >= 0.3 is 0 Å². The van der Waals surface area contributed by atoms with Crippen LogP contribution in [-0.2, 0) is 6.54 Å². The third-order valence-electron chi connectivity index (χ3n) is 3.11. The van der Waals surface area contributed by atoms with E-state index in [1.54, 1.807) is 18.2 Å². The maximum absolute atomic E-state index is 9.08. The van der Waals surface area contributed by atoms with E-state index in [4.69, 9.17) is 21.6 Å². The lowest BCUT2D eigenvalue weighted by molar-refractivity contribution is 0.232. The second kappa shape index (κ2) is 7.68. The lowest BCUT2D eigenvalue weighted by Gasteiger charge is -2.17. The summed E-state index contributed by atoms with van der Waals surface area (Å²) in [6.45, 7) is 2.15. The van der Waals surface area contributed by atoms with Crippen LogP contribution in [0.2, 0.25) is 5.02 Å². The minimum absolute atomic E-state index is 0.393. The average Bonchev–Trinajstić information content (AvgIpc) is 2.48. The molecule has 21 heavy (non-hydrogen) atoms. The second-order valence-corrected chi connectivity index (χ2v) is 5.20. The molecule has 0 unspecified atom stereocenters. The van der Waals surface area contributed by atoms with Crippen LogP contribution >= 0.6 is 11.6 Å². The standard InChI is InChI=1S/C17H17ClN2O/c1-20(13-14-6-3-2-4-7-14)10-11-21-17-9-5-8-16(18)15(17)12-19/h2-9H,10-11,13H2,1H3. The Morgan fingerprint density at radius 1 is 1.14 bits per heavy atom. The fourth-order valence-electron chi connectivity index (χ4n) is 2.02. The molecule has 0 radical (unpaired) electrons. The van der Waals surface area contributed by atoms with Gasteiger partial charge in [-0.15, -0.1) is 0 Å². The van der Waals surface area contributed by atoms with Gasteiger partial charge in [-0.05, 0) is 24.7 Å². The first kappa shape index (κ1) is 15.4. The second-order valence-electron chi connectivity index (χ2n) is 4.80. The highest BCUT2D eigenvalue weighted by Crippen LogP contribution is 2.25. The molecule has 0 atom stereocenters. The number of likely N-dealkylation sites (N-methyl/N-ethyl adjacent to an activating group) is 1. The summed E-state index contributed by atoms with van der Waals surface area (Å²) in [5.41, 5.74) is 1.66. The fourth-order valence-corrected chi connectivity index (χ4v) is 2.23. The predicted molar refractivity (Wildman–Crippen MR) is 84.4 cm³/mol. The van der Waals surface area contributed by atoms with Crippen LogP contribution in [0.3, 0.4) is 0 Å². The van der Waals surface area contributed by atoms with Crippen molar-refractivity contribution in [1.29, 1.82) is 5.26 Å². The normalized spacial score (nSPS) is 10.4. The monoisotopic (exact) mass is 300 g/mol. The Bertz CT molecular complexity index is 622. The number of hydrogen-bond donors (Lipinski definition) is 0. The van der Waals surface area contributed by atoms with E-state index in [0.29, 0.717) is 22.9 Å². The van der Waals surface area contributed by atoms with E-state index < -0.39 is 0 Å².